The molecule has 1 aliphatic rings. The Kier molecular flexibility index (Phi) is 11.6. The van der Waals surface area contributed by atoms with Crippen molar-refractivity contribution in [1.29, 1.82) is 0 Å². The minimum Gasteiger partial charge on any atom is -0.356 e. The second kappa shape index (κ2) is 11.6. The molecule has 2 N–H and O–H groups in total. The molecule has 0 aromatic carbocycles. The van der Waals surface area contributed by atoms with Gasteiger partial charge in [0, 0.05) is 19.6 Å². The molecule has 0 bridgehead atoms. The maximum absolute atomic E-state index is 4.21. The minimum atomic E-state index is 0. The van der Waals surface area contributed by atoms with Crippen LogP contribution in [0.2, 0.25) is 0 Å². The van der Waals surface area contributed by atoms with Crippen LogP contribution in [-0.2, 0) is 0 Å². The quantitative estimate of drug-likeness (QED) is 0.314. The molecule has 0 unspecified atom stereocenters. The third-order valence-electron chi connectivity index (χ3n) is 3.72. The second-order valence-corrected chi connectivity index (χ2v) is 6.03. The van der Waals surface area contributed by atoms with Crippen LogP contribution in [-0.4, -0.2) is 50.1 Å². The number of halogens is 1. The summed E-state index contributed by atoms with van der Waals surface area (Å²) in [6.45, 7) is 11.5. The summed E-state index contributed by atoms with van der Waals surface area (Å²) < 4.78 is 0. The molecular weight excluding hydrogens is 363 g/mol. The van der Waals surface area contributed by atoms with Crippen LogP contribution in [0, 0.1) is 5.92 Å². The topological polar surface area (TPSA) is 39.7 Å². The first-order chi connectivity index (χ1) is 9.11. The van der Waals surface area contributed by atoms with Gasteiger partial charge in [-0.15, -0.1) is 24.0 Å². The van der Waals surface area contributed by atoms with Gasteiger partial charge in [-0.2, -0.15) is 0 Å². The SMILES string of the molecule is CN=C(NCCCCN1CCC(C)CC1)NC(C)C.I. The average Bonchev–Trinajstić information content (AvgIpc) is 2.38. The van der Waals surface area contributed by atoms with E-state index in [1.165, 1.54) is 45.3 Å². The molecule has 20 heavy (non-hydrogen) atoms. The van der Waals surface area contributed by atoms with E-state index in [-0.39, 0.29) is 24.0 Å². The predicted octanol–water partition coefficient (Wildman–Crippen LogP) is 2.69. The van der Waals surface area contributed by atoms with Crippen molar-refractivity contribution in [2.75, 3.05) is 33.2 Å². The largest absolute Gasteiger partial charge is 0.356 e. The van der Waals surface area contributed by atoms with Crippen LogP contribution >= 0.6 is 24.0 Å². The molecule has 4 nitrogen and oxygen atoms in total. The Balaban J connectivity index is 0.00000361. The van der Waals surface area contributed by atoms with E-state index in [1.54, 1.807) is 0 Å². The van der Waals surface area contributed by atoms with Gasteiger partial charge in [0.25, 0.3) is 0 Å². The summed E-state index contributed by atoms with van der Waals surface area (Å²) in [7, 11) is 1.83. The van der Waals surface area contributed by atoms with Crippen LogP contribution in [0.25, 0.3) is 0 Å². The summed E-state index contributed by atoms with van der Waals surface area (Å²) in [6, 6.07) is 0.432. The molecule has 0 atom stereocenters. The van der Waals surface area contributed by atoms with Crippen LogP contribution in [0.3, 0.4) is 0 Å². The molecule has 0 aromatic heterocycles. The average molecular weight is 396 g/mol. The molecule has 1 saturated heterocycles. The number of nitrogens with zero attached hydrogens (tertiary/aromatic N) is 2. The first-order valence-electron chi connectivity index (χ1n) is 7.81. The van der Waals surface area contributed by atoms with Crippen molar-refractivity contribution in [3.63, 3.8) is 0 Å². The number of piperidine rings is 1. The standard InChI is InChI=1S/C15H32N4.HI/c1-13(2)18-15(16-4)17-9-5-6-10-19-11-7-14(3)8-12-19;/h13-14H,5-12H2,1-4H3,(H2,16,17,18);1H. The smallest absolute Gasteiger partial charge is 0.191 e. The Morgan fingerprint density at radius 3 is 2.45 bits per heavy atom. The van der Waals surface area contributed by atoms with E-state index in [9.17, 15) is 0 Å². The van der Waals surface area contributed by atoms with Gasteiger partial charge in [0.15, 0.2) is 5.96 Å². The fourth-order valence-electron chi connectivity index (χ4n) is 2.42. The summed E-state index contributed by atoms with van der Waals surface area (Å²) in [5, 5.41) is 6.67. The Morgan fingerprint density at radius 1 is 1.25 bits per heavy atom. The van der Waals surface area contributed by atoms with E-state index in [0.717, 1.165) is 18.4 Å². The zero-order valence-electron chi connectivity index (χ0n) is 13.6. The van der Waals surface area contributed by atoms with E-state index >= 15 is 0 Å². The minimum absolute atomic E-state index is 0. The van der Waals surface area contributed by atoms with Crippen molar-refractivity contribution in [2.24, 2.45) is 10.9 Å². The highest BCUT2D eigenvalue weighted by atomic mass is 127. The number of likely N-dealkylation sites (tertiary alicyclic amines) is 1. The van der Waals surface area contributed by atoms with Crippen molar-refractivity contribution < 1.29 is 0 Å². The molecule has 0 amide bonds. The lowest BCUT2D eigenvalue weighted by molar-refractivity contribution is 0.189. The van der Waals surface area contributed by atoms with Gasteiger partial charge in [-0.05, 0) is 65.1 Å². The number of hydrogen-bond donors (Lipinski definition) is 2. The Hall–Kier alpha value is -0.0400. The van der Waals surface area contributed by atoms with E-state index in [1.807, 2.05) is 7.05 Å². The molecular formula is C15H33IN4. The predicted molar refractivity (Wildman–Crippen MR) is 99.1 cm³/mol. The first-order valence-corrected chi connectivity index (χ1v) is 7.81. The number of guanidine groups is 1. The maximum Gasteiger partial charge on any atom is 0.191 e. The molecule has 0 aliphatic carbocycles. The van der Waals surface area contributed by atoms with E-state index in [4.69, 9.17) is 0 Å². The van der Waals surface area contributed by atoms with Gasteiger partial charge in [0.2, 0.25) is 0 Å². The van der Waals surface area contributed by atoms with Gasteiger partial charge in [-0.25, -0.2) is 0 Å². The lowest BCUT2D eigenvalue weighted by atomic mass is 9.99. The van der Waals surface area contributed by atoms with Gasteiger partial charge in [-0.1, -0.05) is 6.92 Å². The van der Waals surface area contributed by atoms with Crippen molar-refractivity contribution in [2.45, 2.75) is 52.5 Å². The lowest BCUT2D eigenvalue weighted by Gasteiger charge is -2.30. The van der Waals surface area contributed by atoms with Crippen LogP contribution in [0.4, 0.5) is 0 Å². The monoisotopic (exact) mass is 396 g/mol. The van der Waals surface area contributed by atoms with Crippen LogP contribution in [0.5, 0.6) is 0 Å². The zero-order valence-corrected chi connectivity index (χ0v) is 15.9. The van der Waals surface area contributed by atoms with Crippen molar-refractivity contribution >= 4 is 29.9 Å². The highest BCUT2D eigenvalue weighted by Crippen LogP contribution is 2.15. The normalized spacial score (nSPS) is 17.9. The molecule has 1 aliphatic heterocycles. The molecule has 1 rings (SSSR count). The van der Waals surface area contributed by atoms with Gasteiger partial charge in [0.05, 0.1) is 0 Å². The molecule has 0 spiro atoms. The van der Waals surface area contributed by atoms with Gasteiger partial charge >= 0.3 is 0 Å². The number of rotatable bonds is 6. The molecule has 1 fully saturated rings. The van der Waals surface area contributed by atoms with Crippen molar-refractivity contribution in [3.05, 3.63) is 0 Å². The molecule has 5 heteroatoms. The summed E-state index contributed by atoms with van der Waals surface area (Å²) >= 11 is 0. The van der Waals surface area contributed by atoms with Gasteiger partial charge in [-0.3, -0.25) is 4.99 Å². The molecule has 1 heterocycles. The van der Waals surface area contributed by atoms with Crippen LogP contribution < -0.4 is 10.6 Å². The van der Waals surface area contributed by atoms with Gasteiger partial charge in [0.1, 0.15) is 0 Å². The number of hydrogen-bond acceptors (Lipinski definition) is 2. The Morgan fingerprint density at radius 2 is 1.90 bits per heavy atom. The van der Waals surface area contributed by atoms with Crippen LogP contribution in [0.1, 0.15) is 46.5 Å². The number of nitrogens with one attached hydrogen (secondary N) is 2. The summed E-state index contributed by atoms with van der Waals surface area (Å²) in [6.07, 6.45) is 5.25. The van der Waals surface area contributed by atoms with E-state index in [2.05, 4.69) is 41.3 Å². The first kappa shape index (κ1) is 20.0. The lowest BCUT2D eigenvalue weighted by Crippen LogP contribution is -2.41. The molecule has 0 saturated carbocycles. The number of unbranched alkanes of at least 4 members (excludes halogenated alkanes) is 1. The Labute approximate surface area is 142 Å². The van der Waals surface area contributed by atoms with Crippen molar-refractivity contribution in [1.82, 2.24) is 15.5 Å². The third-order valence-corrected chi connectivity index (χ3v) is 3.72. The fraction of sp³-hybridized carbons (Fsp3) is 0.933. The van der Waals surface area contributed by atoms with Crippen LogP contribution in [0.15, 0.2) is 4.99 Å². The zero-order chi connectivity index (χ0) is 14.1. The molecule has 120 valence electrons. The molecule has 0 aromatic rings. The third kappa shape index (κ3) is 9.00. The maximum atomic E-state index is 4.21. The van der Waals surface area contributed by atoms with E-state index < -0.39 is 0 Å². The van der Waals surface area contributed by atoms with Crippen molar-refractivity contribution in [3.8, 4) is 0 Å². The highest BCUT2D eigenvalue weighted by Gasteiger charge is 2.14. The summed E-state index contributed by atoms with van der Waals surface area (Å²) in [5.74, 6) is 1.85. The highest BCUT2D eigenvalue weighted by molar-refractivity contribution is 14.0. The van der Waals surface area contributed by atoms with Gasteiger partial charge < -0.3 is 15.5 Å². The van der Waals surface area contributed by atoms with E-state index in [0.29, 0.717) is 6.04 Å². The second-order valence-electron chi connectivity index (χ2n) is 6.03. The summed E-state index contributed by atoms with van der Waals surface area (Å²) in [5.41, 5.74) is 0. The fourth-order valence-corrected chi connectivity index (χ4v) is 2.42. The summed E-state index contributed by atoms with van der Waals surface area (Å²) in [4.78, 5) is 6.82. The number of aliphatic imine (C=N–C) groups is 1. The Bertz CT molecular complexity index is 261. The molecule has 0 radical (unpaired) electrons.